The summed E-state index contributed by atoms with van der Waals surface area (Å²) < 4.78 is 0. The summed E-state index contributed by atoms with van der Waals surface area (Å²) in [4.78, 5) is 0. The van der Waals surface area contributed by atoms with Crippen LogP contribution in [0, 0.1) is 11.8 Å². The minimum atomic E-state index is 0.472. The molecule has 0 spiro atoms. The van der Waals surface area contributed by atoms with Gasteiger partial charge in [0, 0.05) is 6.04 Å². The summed E-state index contributed by atoms with van der Waals surface area (Å²) in [5.41, 5.74) is 0. The quantitative estimate of drug-likeness (QED) is 0.657. The molecule has 0 amide bonds. The molecular formula is C12H23N. The number of nitrogens with one attached hydrogen (secondary N) is 1. The third-order valence-corrected chi connectivity index (χ3v) is 3.22. The van der Waals surface area contributed by atoms with Crippen molar-refractivity contribution < 1.29 is 0 Å². The van der Waals surface area contributed by atoms with Gasteiger partial charge in [-0.1, -0.05) is 25.8 Å². The molecule has 0 aromatic heterocycles. The summed E-state index contributed by atoms with van der Waals surface area (Å²) in [5, 5.41) is 3.50. The Balaban J connectivity index is 2.12. The number of hydrogen-bond donors (Lipinski definition) is 1. The molecule has 0 aromatic rings. The van der Waals surface area contributed by atoms with Gasteiger partial charge < -0.3 is 5.32 Å². The lowest BCUT2D eigenvalue weighted by Gasteiger charge is -2.27. The van der Waals surface area contributed by atoms with E-state index in [1.165, 1.54) is 32.2 Å². The minimum Gasteiger partial charge on any atom is -0.311 e. The molecule has 1 saturated carbocycles. The van der Waals surface area contributed by atoms with E-state index >= 15 is 0 Å². The summed E-state index contributed by atoms with van der Waals surface area (Å²) in [7, 11) is 0. The largest absolute Gasteiger partial charge is 0.311 e. The van der Waals surface area contributed by atoms with E-state index in [-0.39, 0.29) is 0 Å². The maximum Gasteiger partial charge on any atom is 0.0219 e. The third-order valence-electron chi connectivity index (χ3n) is 3.22. The first-order valence-electron chi connectivity index (χ1n) is 5.58. The molecule has 1 rings (SSSR count). The highest BCUT2D eigenvalue weighted by atomic mass is 14.9. The van der Waals surface area contributed by atoms with Crippen molar-refractivity contribution in [3.63, 3.8) is 0 Å². The van der Waals surface area contributed by atoms with Crippen LogP contribution in [0.3, 0.4) is 0 Å². The lowest BCUT2D eigenvalue weighted by atomic mass is 9.83. The molecule has 0 aromatic carbocycles. The Labute approximate surface area is 82.6 Å². The molecule has 1 fully saturated rings. The standard InChI is InChI=1S/C12H23N/c1-4-11(3)13-9-12-7-5-10(2)6-8-12/h4,10-13H,1,5-9H2,2-3H3. The van der Waals surface area contributed by atoms with Crippen LogP contribution in [-0.2, 0) is 0 Å². The van der Waals surface area contributed by atoms with Gasteiger partial charge in [0.25, 0.3) is 0 Å². The van der Waals surface area contributed by atoms with Crippen molar-refractivity contribution in [1.29, 1.82) is 0 Å². The Kier molecular flexibility index (Phi) is 4.51. The highest BCUT2D eigenvalue weighted by Crippen LogP contribution is 2.27. The van der Waals surface area contributed by atoms with Gasteiger partial charge in [-0.05, 0) is 38.1 Å². The average molecular weight is 181 g/mol. The van der Waals surface area contributed by atoms with Gasteiger partial charge >= 0.3 is 0 Å². The fourth-order valence-corrected chi connectivity index (χ4v) is 1.97. The van der Waals surface area contributed by atoms with Crippen LogP contribution in [0.25, 0.3) is 0 Å². The topological polar surface area (TPSA) is 12.0 Å². The van der Waals surface area contributed by atoms with E-state index < -0.39 is 0 Å². The van der Waals surface area contributed by atoms with E-state index in [0.717, 1.165) is 11.8 Å². The molecule has 1 heteroatoms. The monoisotopic (exact) mass is 181 g/mol. The van der Waals surface area contributed by atoms with Crippen LogP contribution in [0.4, 0.5) is 0 Å². The summed E-state index contributed by atoms with van der Waals surface area (Å²) in [6.07, 6.45) is 7.66. The summed E-state index contributed by atoms with van der Waals surface area (Å²) in [6, 6.07) is 0.472. The van der Waals surface area contributed by atoms with Crippen molar-refractivity contribution in [3.05, 3.63) is 12.7 Å². The zero-order valence-electron chi connectivity index (χ0n) is 9.05. The number of hydrogen-bond acceptors (Lipinski definition) is 1. The van der Waals surface area contributed by atoms with Crippen LogP contribution in [0.1, 0.15) is 39.5 Å². The van der Waals surface area contributed by atoms with Gasteiger partial charge in [0.2, 0.25) is 0 Å². The second kappa shape index (κ2) is 5.43. The molecule has 0 aliphatic heterocycles. The van der Waals surface area contributed by atoms with Gasteiger partial charge in [-0.3, -0.25) is 0 Å². The van der Waals surface area contributed by atoms with Crippen LogP contribution in [-0.4, -0.2) is 12.6 Å². The molecule has 1 unspecified atom stereocenters. The Morgan fingerprint density at radius 2 is 2.00 bits per heavy atom. The molecule has 0 radical (unpaired) electrons. The fraction of sp³-hybridized carbons (Fsp3) is 0.833. The van der Waals surface area contributed by atoms with Crippen molar-refractivity contribution in [2.24, 2.45) is 11.8 Å². The minimum absolute atomic E-state index is 0.472. The molecule has 13 heavy (non-hydrogen) atoms. The van der Waals surface area contributed by atoms with E-state index in [2.05, 4.69) is 25.7 Å². The van der Waals surface area contributed by atoms with Gasteiger partial charge in [0.05, 0.1) is 0 Å². The third kappa shape index (κ3) is 3.95. The molecule has 0 bridgehead atoms. The lowest BCUT2D eigenvalue weighted by Crippen LogP contribution is -2.31. The van der Waals surface area contributed by atoms with Crippen LogP contribution in [0.5, 0.6) is 0 Å². The first-order chi connectivity index (χ1) is 6.22. The Hall–Kier alpha value is -0.300. The van der Waals surface area contributed by atoms with E-state index in [4.69, 9.17) is 0 Å². The number of rotatable bonds is 4. The predicted molar refractivity (Wildman–Crippen MR) is 58.8 cm³/mol. The molecule has 1 atom stereocenters. The molecule has 1 N–H and O–H groups in total. The van der Waals surface area contributed by atoms with E-state index in [0.29, 0.717) is 6.04 Å². The van der Waals surface area contributed by atoms with Crippen LogP contribution in [0.15, 0.2) is 12.7 Å². The van der Waals surface area contributed by atoms with Crippen molar-refractivity contribution in [3.8, 4) is 0 Å². The van der Waals surface area contributed by atoms with Gasteiger partial charge in [-0.2, -0.15) is 0 Å². The highest BCUT2D eigenvalue weighted by molar-refractivity contribution is 4.82. The Bertz CT molecular complexity index is 145. The maximum atomic E-state index is 3.77. The summed E-state index contributed by atoms with van der Waals surface area (Å²) in [6.45, 7) is 9.49. The van der Waals surface area contributed by atoms with Gasteiger partial charge in [0.1, 0.15) is 0 Å². The normalized spacial score (nSPS) is 31.2. The highest BCUT2D eigenvalue weighted by Gasteiger charge is 2.17. The molecule has 0 heterocycles. The predicted octanol–water partition coefficient (Wildman–Crippen LogP) is 2.98. The molecule has 1 aliphatic rings. The van der Waals surface area contributed by atoms with Crippen LogP contribution < -0.4 is 5.32 Å². The molecule has 1 aliphatic carbocycles. The Morgan fingerprint density at radius 3 is 2.54 bits per heavy atom. The van der Waals surface area contributed by atoms with Crippen molar-refractivity contribution in [2.75, 3.05) is 6.54 Å². The van der Waals surface area contributed by atoms with Gasteiger partial charge in [-0.25, -0.2) is 0 Å². The van der Waals surface area contributed by atoms with Crippen molar-refractivity contribution in [1.82, 2.24) is 5.32 Å². The molecular weight excluding hydrogens is 158 g/mol. The van der Waals surface area contributed by atoms with E-state index in [1.54, 1.807) is 0 Å². The zero-order chi connectivity index (χ0) is 9.68. The SMILES string of the molecule is C=CC(C)NCC1CCC(C)CC1. The summed E-state index contributed by atoms with van der Waals surface area (Å²) in [5.74, 6) is 1.88. The lowest BCUT2D eigenvalue weighted by molar-refractivity contribution is 0.279. The first-order valence-corrected chi connectivity index (χ1v) is 5.58. The molecule has 76 valence electrons. The second-order valence-corrected chi connectivity index (χ2v) is 4.56. The average Bonchev–Trinajstić information content (AvgIpc) is 2.16. The van der Waals surface area contributed by atoms with Crippen molar-refractivity contribution in [2.45, 2.75) is 45.6 Å². The zero-order valence-corrected chi connectivity index (χ0v) is 9.05. The molecule has 1 nitrogen and oxygen atoms in total. The van der Waals surface area contributed by atoms with Gasteiger partial charge in [-0.15, -0.1) is 6.58 Å². The second-order valence-electron chi connectivity index (χ2n) is 4.56. The van der Waals surface area contributed by atoms with Gasteiger partial charge in [0.15, 0.2) is 0 Å². The van der Waals surface area contributed by atoms with Crippen LogP contribution >= 0.6 is 0 Å². The fourth-order valence-electron chi connectivity index (χ4n) is 1.97. The van der Waals surface area contributed by atoms with Crippen molar-refractivity contribution >= 4 is 0 Å². The van der Waals surface area contributed by atoms with E-state index in [1.807, 2.05) is 6.08 Å². The molecule has 0 saturated heterocycles. The van der Waals surface area contributed by atoms with Crippen LogP contribution in [0.2, 0.25) is 0 Å². The Morgan fingerprint density at radius 1 is 1.38 bits per heavy atom. The smallest absolute Gasteiger partial charge is 0.0219 e. The maximum absolute atomic E-state index is 3.77. The summed E-state index contributed by atoms with van der Waals surface area (Å²) >= 11 is 0. The van der Waals surface area contributed by atoms with E-state index in [9.17, 15) is 0 Å². The first kappa shape index (κ1) is 10.8.